The third-order valence-electron chi connectivity index (χ3n) is 6.09. The molecule has 2 atom stereocenters. The van der Waals surface area contributed by atoms with Crippen molar-refractivity contribution in [2.24, 2.45) is 0 Å². The molecule has 2 saturated heterocycles. The molecule has 31 heavy (non-hydrogen) atoms. The molecule has 11 heteroatoms. The Hall–Kier alpha value is -2.69. The zero-order valence-corrected chi connectivity index (χ0v) is 16.6. The number of hydrogen-bond donors (Lipinski definition) is 1. The molecular weight excluding hydrogens is 416 g/mol. The van der Waals surface area contributed by atoms with E-state index in [1.165, 1.54) is 12.3 Å². The lowest BCUT2D eigenvalue weighted by molar-refractivity contribution is -0.0494. The van der Waals surface area contributed by atoms with Gasteiger partial charge in [-0.25, -0.2) is 23.7 Å². The Morgan fingerprint density at radius 3 is 2.55 bits per heavy atom. The van der Waals surface area contributed by atoms with Crippen LogP contribution >= 0.6 is 0 Å². The zero-order chi connectivity index (χ0) is 21.7. The van der Waals surface area contributed by atoms with Crippen LogP contribution in [0.2, 0.25) is 0 Å². The number of piperazine rings is 1. The number of hydrogen-bond acceptors (Lipinski definition) is 7. The van der Waals surface area contributed by atoms with Crippen LogP contribution in [0.15, 0.2) is 18.3 Å². The number of likely N-dealkylation sites (tertiary alicyclic amines) is 1. The first-order valence-corrected chi connectivity index (χ1v) is 10.3. The normalized spacial score (nSPS) is 23.4. The number of pyridine rings is 1. The van der Waals surface area contributed by atoms with Crippen LogP contribution < -0.4 is 15.4 Å². The van der Waals surface area contributed by atoms with Crippen molar-refractivity contribution in [3.63, 3.8) is 0 Å². The van der Waals surface area contributed by atoms with Gasteiger partial charge in [-0.1, -0.05) is 0 Å². The molecule has 2 bridgehead atoms. The zero-order valence-electron chi connectivity index (χ0n) is 16.6. The summed E-state index contributed by atoms with van der Waals surface area (Å²) in [4.78, 5) is 17.3. The maximum atomic E-state index is 12.8. The van der Waals surface area contributed by atoms with Gasteiger partial charge in [-0.3, -0.25) is 4.90 Å². The van der Waals surface area contributed by atoms with Gasteiger partial charge in [-0.15, -0.1) is 0 Å². The van der Waals surface area contributed by atoms with E-state index >= 15 is 0 Å². The van der Waals surface area contributed by atoms with Crippen LogP contribution in [0.5, 0.6) is 5.75 Å². The first-order chi connectivity index (χ1) is 14.9. The average molecular weight is 438 g/mol. The molecule has 0 unspecified atom stereocenters. The second-order valence-corrected chi connectivity index (χ2v) is 8.27. The highest BCUT2D eigenvalue weighted by atomic mass is 19.3. The summed E-state index contributed by atoms with van der Waals surface area (Å²) in [6, 6.07) is 3.38. The summed E-state index contributed by atoms with van der Waals surface area (Å²) in [7, 11) is 0. The van der Waals surface area contributed by atoms with Crippen molar-refractivity contribution in [3.8, 4) is 17.0 Å². The van der Waals surface area contributed by atoms with Gasteiger partial charge >= 0.3 is 6.61 Å². The van der Waals surface area contributed by atoms with Crippen molar-refractivity contribution in [2.45, 2.75) is 50.3 Å². The summed E-state index contributed by atoms with van der Waals surface area (Å²) in [5, 5.41) is 0. The first kappa shape index (κ1) is 20.2. The molecule has 3 aliphatic rings. The van der Waals surface area contributed by atoms with Crippen molar-refractivity contribution in [1.29, 1.82) is 0 Å². The number of anilines is 2. The Morgan fingerprint density at radius 2 is 1.90 bits per heavy atom. The lowest BCUT2D eigenvalue weighted by atomic mass is 10.1. The van der Waals surface area contributed by atoms with Gasteiger partial charge in [0.25, 0.3) is 6.43 Å². The van der Waals surface area contributed by atoms with Gasteiger partial charge in [-0.2, -0.15) is 8.78 Å². The van der Waals surface area contributed by atoms with Crippen molar-refractivity contribution < 1.29 is 22.3 Å². The van der Waals surface area contributed by atoms with Crippen LogP contribution in [0, 0.1) is 0 Å². The molecular formula is C20H22F4N6O. The fourth-order valence-corrected chi connectivity index (χ4v) is 4.49. The van der Waals surface area contributed by atoms with Crippen LogP contribution in [0.1, 0.15) is 31.0 Å². The summed E-state index contributed by atoms with van der Waals surface area (Å²) >= 11 is 0. The minimum Gasteiger partial charge on any atom is -0.431 e. The van der Waals surface area contributed by atoms with E-state index in [1.807, 2.05) is 4.90 Å². The largest absolute Gasteiger partial charge is 0.431 e. The van der Waals surface area contributed by atoms with Gasteiger partial charge in [0.05, 0.1) is 12.2 Å². The molecule has 2 aromatic rings. The standard InChI is InChI=1S/C20H22F4N6O/c21-16(22)9-29-7-13-4-12(29)8-30(13)17-5-14(27-19(28-17)10-1-2-10)11-3-15(31-20(23)24)18(25)26-6-11/h3,5-6,10,12-13,16,20H,1-2,4,7-9H2,(H2,25,26)/t12-,13-/m0/s1. The minimum atomic E-state index is -3.02. The SMILES string of the molecule is Nc1ncc(-c2cc(N3C[C@@H]4C[C@H]3CN4CC(F)F)nc(C3CC3)n2)cc1OC(F)F. The van der Waals surface area contributed by atoms with Crippen LogP contribution in [0.3, 0.4) is 0 Å². The lowest BCUT2D eigenvalue weighted by Crippen LogP contribution is -2.48. The van der Waals surface area contributed by atoms with Crippen molar-refractivity contribution in [1.82, 2.24) is 19.9 Å². The molecule has 2 N–H and O–H groups in total. The molecule has 1 aliphatic carbocycles. The fraction of sp³-hybridized carbons (Fsp3) is 0.550. The number of halogens is 4. The van der Waals surface area contributed by atoms with E-state index in [9.17, 15) is 17.6 Å². The number of aromatic nitrogens is 3. The Balaban J connectivity index is 1.45. The number of fused-ring (bicyclic) bond motifs is 2. The summed E-state index contributed by atoms with van der Waals surface area (Å²) in [5.74, 6) is 1.37. The van der Waals surface area contributed by atoms with Gasteiger partial charge in [0.2, 0.25) is 0 Å². The fourth-order valence-electron chi connectivity index (χ4n) is 4.49. The van der Waals surface area contributed by atoms with E-state index in [0.29, 0.717) is 30.2 Å². The number of rotatable bonds is 7. The molecule has 4 heterocycles. The van der Waals surface area contributed by atoms with Crippen LogP contribution in [-0.4, -0.2) is 64.6 Å². The van der Waals surface area contributed by atoms with Crippen LogP contribution in [-0.2, 0) is 0 Å². The monoisotopic (exact) mass is 438 g/mol. The predicted molar refractivity (Wildman–Crippen MR) is 105 cm³/mol. The van der Waals surface area contributed by atoms with E-state index in [0.717, 1.165) is 25.1 Å². The summed E-state index contributed by atoms with van der Waals surface area (Å²) < 4.78 is 55.5. The van der Waals surface area contributed by atoms with Crippen LogP contribution in [0.4, 0.5) is 29.2 Å². The smallest absolute Gasteiger partial charge is 0.387 e. The van der Waals surface area contributed by atoms with Crippen molar-refractivity contribution >= 4 is 11.6 Å². The average Bonchev–Trinajstić information content (AvgIpc) is 3.39. The predicted octanol–water partition coefficient (Wildman–Crippen LogP) is 3.13. The second-order valence-electron chi connectivity index (χ2n) is 8.27. The molecule has 0 aromatic carbocycles. The quantitative estimate of drug-likeness (QED) is 0.666. The number of nitrogens with zero attached hydrogens (tertiary/aromatic N) is 5. The van der Waals surface area contributed by atoms with E-state index in [1.54, 1.807) is 6.07 Å². The summed E-state index contributed by atoms with van der Waals surface area (Å²) in [6.07, 6.45) is 1.94. The maximum absolute atomic E-state index is 12.8. The highest BCUT2D eigenvalue weighted by molar-refractivity contribution is 5.67. The van der Waals surface area contributed by atoms with E-state index < -0.39 is 13.0 Å². The number of nitrogen functional groups attached to an aromatic ring is 1. The number of nitrogens with two attached hydrogens (primary N) is 1. The van der Waals surface area contributed by atoms with E-state index in [4.69, 9.17) is 10.7 Å². The Bertz CT molecular complexity index is 973. The third-order valence-corrected chi connectivity index (χ3v) is 6.09. The molecule has 1 saturated carbocycles. The van der Waals surface area contributed by atoms with Gasteiger partial charge in [0, 0.05) is 48.9 Å². The summed E-state index contributed by atoms with van der Waals surface area (Å²) in [6.45, 7) is -2.03. The molecule has 0 spiro atoms. The molecule has 0 amide bonds. The second kappa shape index (κ2) is 7.77. The highest BCUT2D eigenvalue weighted by Crippen LogP contribution is 2.41. The molecule has 2 aromatic heterocycles. The van der Waals surface area contributed by atoms with Gasteiger partial charge < -0.3 is 15.4 Å². The van der Waals surface area contributed by atoms with Crippen molar-refractivity contribution in [3.05, 3.63) is 24.2 Å². The van der Waals surface area contributed by atoms with E-state index in [-0.39, 0.29) is 36.1 Å². The third kappa shape index (κ3) is 4.10. The Kier molecular flexibility index (Phi) is 5.07. The molecule has 166 valence electrons. The molecule has 3 fully saturated rings. The Morgan fingerprint density at radius 1 is 1.10 bits per heavy atom. The number of ether oxygens (including phenoxy) is 1. The Labute approximate surface area is 176 Å². The number of alkyl halides is 4. The van der Waals surface area contributed by atoms with Crippen molar-refractivity contribution in [2.75, 3.05) is 30.3 Å². The van der Waals surface area contributed by atoms with Gasteiger partial charge in [-0.05, 0) is 25.3 Å². The first-order valence-electron chi connectivity index (χ1n) is 10.3. The van der Waals surface area contributed by atoms with E-state index in [2.05, 4.69) is 19.6 Å². The molecule has 7 nitrogen and oxygen atoms in total. The summed E-state index contributed by atoms with van der Waals surface area (Å²) in [5.41, 5.74) is 6.70. The maximum Gasteiger partial charge on any atom is 0.387 e. The lowest BCUT2D eigenvalue weighted by Gasteiger charge is -2.35. The van der Waals surface area contributed by atoms with Gasteiger partial charge in [0.1, 0.15) is 11.6 Å². The van der Waals surface area contributed by atoms with Gasteiger partial charge in [0.15, 0.2) is 11.6 Å². The molecule has 2 aliphatic heterocycles. The highest BCUT2D eigenvalue weighted by Gasteiger charge is 2.44. The van der Waals surface area contributed by atoms with Crippen LogP contribution in [0.25, 0.3) is 11.3 Å². The molecule has 5 rings (SSSR count). The topological polar surface area (TPSA) is 80.4 Å². The molecule has 0 radical (unpaired) electrons. The minimum absolute atomic E-state index is 0.0750.